The number of hydrogen-bond acceptors (Lipinski definition) is 2. The molecule has 1 fully saturated rings. The first-order chi connectivity index (χ1) is 11.1. The number of carboxylic acid groups (broad SMARTS) is 1. The van der Waals surface area contributed by atoms with Crippen molar-refractivity contribution in [2.75, 3.05) is 13.1 Å². The Bertz CT molecular complexity index is 770. The zero-order chi connectivity index (χ0) is 16.0. The third-order valence-electron chi connectivity index (χ3n) is 5.64. The molecular formula is C20H21NO2. The van der Waals surface area contributed by atoms with Crippen molar-refractivity contribution in [1.29, 1.82) is 0 Å². The van der Waals surface area contributed by atoms with Crippen LogP contribution < -0.4 is 5.32 Å². The Balaban J connectivity index is 1.93. The lowest BCUT2D eigenvalue weighted by Gasteiger charge is -2.42. The van der Waals surface area contributed by atoms with Gasteiger partial charge in [0.15, 0.2) is 0 Å². The van der Waals surface area contributed by atoms with Crippen molar-refractivity contribution in [1.82, 2.24) is 5.32 Å². The number of carbonyl (C=O) groups is 1. The van der Waals surface area contributed by atoms with Crippen LogP contribution in [0.5, 0.6) is 0 Å². The Hall–Kier alpha value is -2.13. The number of rotatable bonds is 2. The molecule has 1 saturated heterocycles. The largest absolute Gasteiger partial charge is 0.481 e. The molecule has 23 heavy (non-hydrogen) atoms. The summed E-state index contributed by atoms with van der Waals surface area (Å²) >= 11 is 0. The molecule has 3 atom stereocenters. The fraction of sp³-hybridized carbons (Fsp3) is 0.350. The van der Waals surface area contributed by atoms with Gasteiger partial charge in [-0.2, -0.15) is 0 Å². The highest BCUT2D eigenvalue weighted by atomic mass is 16.4. The summed E-state index contributed by atoms with van der Waals surface area (Å²) in [5.41, 5.74) is 4.24. The van der Waals surface area contributed by atoms with Crippen LogP contribution in [0, 0.1) is 18.3 Å². The summed E-state index contributed by atoms with van der Waals surface area (Å²) in [5.74, 6) is -0.428. The maximum atomic E-state index is 12.2. The van der Waals surface area contributed by atoms with E-state index < -0.39 is 11.4 Å². The molecule has 0 spiro atoms. The van der Waals surface area contributed by atoms with Gasteiger partial charge in [-0.25, -0.2) is 0 Å². The van der Waals surface area contributed by atoms with Gasteiger partial charge in [-0.05, 0) is 36.0 Å². The molecule has 0 bridgehead atoms. The normalized spacial score (nSPS) is 28.9. The number of benzene rings is 2. The molecule has 0 saturated carbocycles. The molecule has 3 unspecified atom stereocenters. The number of hydrogen-bond donors (Lipinski definition) is 2. The third kappa shape index (κ3) is 2.11. The molecule has 0 aromatic heterocycles. The summed E-state index contributed by atoms with van der Waals surface area (Å²) in [6.07, 6.45) is 0.624. The highest BCUT2D eigenvalue weighted by Gasteiger charge is 2.55. The summed E-state index contributed by atoms with van der Waals surface area (Å²) in [7, 11) is 0. The summed E-state index contributed by atoms with van der Waals surface area (Å²) in [6.45, 7) is 3.42. The SMILES string of the molecule is Cc1cccc(C2c3ccccc3CC3(C(=O)O)CNCC23)c1. The van der Waals surface area contributed by atoms with Gasteiger partial charge in [-0.1, -0.05) is 54.1 Å². The molecule has 2 aromatic rings. The van der Waals surface area contributed by atoms with E-state index in [1.807, 2.05) is 6.07 Å². The van der Waals surface area contributed by atoms with Crippen molar-refractivity contribution in [3.05, 3.63) is 70.8 Å². The van der Waals surface area contributed by atoms with Gasteiger partial charge in [0.05, 0.1) is 5.41 Å². The molecule has 2 aromatic carbocycles. The smallest absolute Gasteiger partial charge is 0.311 e. The predicted molar refractivity (Wildman–Crippen MR) is 89.6 cm³/mol. The van der Waals surface area contributed by atoms with E-state index in [0.717, 1.165) is 6.54 Å². The highest BCUT2D eigenvalue weighted by Crippen LogP contribution is 2.51. The fourth-order valence-corrected chi connectivity index (χ4v) is 4.55. The van der Waals surface area contributed by atoms with Gasteiger partial charge in [0, 0.05) is 19.0 Å². The zero-order valence-electron chi connectivity index (χ0n) is 13.3. The van der Waals surface area contributed by atoms with Crippen molar-refractivity contribution >= 4 is 5.97 Å². The zero-order valence-corrected chi connectivity index (χ0v) is 13.3. The molecule has 2 N–H and O–H groups in total. The van der Waals surface area contributed by atoms with Crippen LogP contribution in [-0.4, -0.2) is 24.2 Å². The van der Waals surface area contributed by atoms with Gasteiger partial charge < -0.3 is 10.4 Å². The van der Waals surface area contributed by atoms with Crippen molar-refractivity contribution in [2.24, 2.45) is 11.3 Å². The number of nitrogens with one attached hydrogen (secondary N) is 1. The van der Waals surface area contributed by atoms with Gasteiger partial charge >= 0.3 is 5.97 Å². The average Bonchev–Trinajstić information content (AvgIpc) is 2.97. The van der Waals surface area contributed by atoms with Crippen LogP contribution in [-0.2, 0) is 11.2 Å². The molecule has 0 amide bonds. The maximum Gasteiger partial charge on any atom is 0.311 e. The number of aliphatic carboxylic acids is 1. The summed E-state index contributed by atoms with van der Waals surface area (Å²) in [4.78, 5) is 12.2. The lowest BCUT2D eigenvalue weighted by Crippen LogP contribution is -2.46. The van der Waals surface area contributed by atoms with Gasteiger partial charge in [-0.15, -0.1) is 0 Å². The molecule has 1 aliphatic carbocycles. The van der Waals surface area contributed by atoms with Crippen LogP contribution in [0.2, 0.25) is 0 Å². The van der Waals surface area contributed by atoms with E-state index in [-0.39, 0.29) is 11.8 Å². The van der Waals surface area contributed by atoms with Crippen molar-refractivity contribution in [3.63, 3.8) is 0 Å². The van der Waals surface area contributed by atoms with Crippen LogP contribution >= 0.6 is 0 Å². The van der Waals surface area contributed by atoms with Crippen LogP contribution in [0.15, 0.2) is 48.5 Å². The van der Waals surface area contributed by atoms with Gasteiger partial charge in [0.1, 0.15) is 0 Å². The van der Waals surface area contributed by atoms with E-state index in [9.17, 15) is 9.90 Å². The molecular weight excluding hydrogens is 286 g/mol. The highest BCUT2D eigenvalue weighted by molar-refractivity contribution is 5.78. The fourth-order valence-electron chi connectivity index (χ4n) is 4.55. The van der Waals surface area contributed by atoms with Gasteiger partial charge in [0.2, 0.25) is 0 Å². The minimum Gasteiger partial charge on any atom is -0.481 e. The lowest BCUT2D eigenvalue weighted by molar-refractivity contribution is -0.151. The summed E-state index contributed by atoms with van der Waals surface area (Å²) in [5, 5.41) is 13.4. The van der Waals surface area contributed by atoms with Crippen molar-refractivity contribution in [3.8, 4) is 0 Å². The molecule has 1 aliphatic heterocycles. The first kappa shape index (κ1) is 14.5. The van der Waals surface area contributed by atoms with Crippen LogP contribution in [0.4, 0.5) is 0 Å². The standard InChI is InChI=1S/C20H21NO2/c1-13-5-4-7-14(9-13)18-16-8-3-2-6-15(16)10-20(19(22)23)12-21-11-17(18)20/h2-9,17-18,21H,10-12H2,1H3,(H,22,23). The Morgan fingerprint density at radius 3 is 2.83 bits per heavy atom. The number of aryl methyl sites for hydroxylation is 1. The Morgan fingerprint density at radius 2 is 2.04 bits per heavy atom. The van der Waals surface area contributed by atoms with Crippen LogP contribution in [0.3, 0.4) is 0 Å². The third-order valence-corrected chi connectivity index (χ3v) is 5.64. The second-order valence-electron chi connectivity index (χ2n) is 6.97. The number of fused-ring (bicyclic) bond motifs is 2. The van der Waals surface area contributed by atoms with E-state index in [2.05, 4.69) is 54.7 Å². The Labute approximate surface area is 136 Å². The first-order valence-electron chi connectivity index (χ1n) is 8.20. The number of carboxylic acids is 1. The minimum atomic E-state index is -0.692. The van der Waals surface area contributed by atoms with Crippen molar-refractivity contribution in [2.45, 2.75) is 19.3 Å². The Kier molecular flexibility index (Phi) is 3.27. The molecule has 4 rings (SSSR count). The second kappa shape index (κ2) is 5.20. The van der Waals surface area contributed by atoms with E-state index >= 15 is 0 Å². The van der Waals surface area contributed by atoms with E-state index in [1.165, 1.54) is 22.3 Å². The van der Waals surface area contributed by atoms with Gasteiger partial charge in [0.25, 0.3) is 0 Å². The predicted octanol–water partition coefficient (Wildman–Crippen LogP) is 2.97. The molecule has 2 aliphatic rings. The van der Waals surface area contributed by atoms with Crippen LogP contribution in [0.25, 0.3) is 0 Å². The quantitative estimate of drug-likeness (QED) is 0.897. The summed E-state index contributed by atoms with van der Waals surface area (Å²) < 4.78 is 0. The average molecular weight is 307 g/mol. The molecule has 1 heterocycles. The van der Waals surface area contributed by atoms with Crippen LogP contribution in [0.1, 0.15) is 28.2 Å². The maximum absolute atomic E-state index is 12.2. The van der Waals surface area contributed by atoms with E-state index in [4.69, 9.17) is 0 Å². The Morgan fingerprint density at radius 1 is 1.22 bits per heavy atom. The van der Waals surface area contributed by atoms with E-state index in [0.29, 0.717) is 13.0 Å². The second-order valence-corrected chi connectivity index (χ2v) is 6.97. The van der Waals surface area contributed by atoms with Gasteiger partial charge in [-0.3, -0.25) is 4.79 Å². The lowest BCUT2D eigenvalue weighted by atomic mass is 9.59. The summed E-state index contributed by atoms with van der Waals surface area (Å²) in [6, 6.07) is 16.9. The molecule has 3 nitrogen and oxygen atoms in total. The molecule has 118 valence electrons. The van der Waals surface area contributed by atoms with E-state index in [1.54, 1.807) is 0 Å². The monoisotopic (exact) mass is 307 g/mol. The topological polar surface area (TPSA) is 49.3 Å². The molecule has 3 heteroatoms. The first-order valence-corrected chi connectivity index (χ1v) is 8.20. The van der Waals surface area contributed by atoms with Crippen molar-refractivity contribution < 1.29 is 9.90 Å². The molecule has 0 radical (unpaired) electrons. The minimum absolute atomic E-state index is 0.0942.